The lowest BCUT2D eigenvalue weighted by atomic mass is 9.89. The predicted molar refractivity (Wildman–Crippen MR) is 146 cm³/mol. The van der Waals surface area contributed by atoms with Crippen molar-refractivity contribution in [3.05, 3.63) is 132 Å². The first-order valence-electron chi connectivity index (χ1n) is 12.8. The molecule has 5 heteroatoms. The summed E-state index contributed by atoms with van der Waals surface area (Å²) in [6, 6.07) is 33.2. The van der Waals surface area contributed by atoms with E-state index in [1.165, 1.54) is 0 Å². The van der Waals surface area contributed by atoms with E-state index < -0.39 is 5.92 Å². The summed E-state index contributed by atoms with van der Waals surface area (Å²) in [5.41, 5.74) is 2.98. The highest BCUT2D eigenvalue weighted by Crippen LogP contribution is 2.28. The number of amides is 2. The molecule has 0 aliphatic heterocycles. The molecule has 0 aliphatic carbocycles. The molecule has 3 aromatic carbocycles. The fraction of sp³-hybridized carbons (Fsp3) is 0.250. The molecular formula is C32H34N2O3. The van der Waals surface area contributed by atoms with Gasteiger partial charge in [-0.3, -0.25) is 9.59 Å². The Morgan fingerprint density at radius 1 is 0.757 bits per heavy atom. The normalized spacial score (nSPS) is 11.0. The molecule has 0 unspecified atom stereocenters. The number of benzene rings is 3. The van der Waals surface area contributed by atoms with E-state index in [-0.39, 0.29) is 24.4 Å². The summed E-state index contributed by atoms with van der Waals surface area (Å²) in [6.45, 7) is 4.81. The maximum Gasteiger partial charge on any atom is 0.242 e. The van der Waals surface area contributed by atoms with Crippen molar-refractivity contribution in [3.63, 3.8) is 0 Å². The number of carbonyl (C=O) groups excluding carboxylic acids is 2. The van der Waals surface area contributed by atoms with Crippen molar-refractivity contribution >= 4 is 11.8 Å². The van der Waals surface area contributed by atoms with E-state index in [9.17, 15) is 9.59 Å². The molecule has 190 valence electrons. The molecule has 4 aromatic rings. The minimum atomic E-state index is -0.486. The minimum absolute atomic E-state index is 0.00215. The van der Waals surface area contributed by atoms with Crippen LogP contribution in [0.3, 0.4) is 0 Å². The standard InChI is InChI=1S/C32H34N2O3/c1-25(2)34(32(36)31(27-15-8-4-9-16-27)28-17-10-5-11-18-28)24-30(35)33(23-29-19-12-22-37-29)21-20-26-13-6-3-7-14-26/h3-19,22,25,31H,20-21,23-24H2,1-2H3. The van der Waals surface area contributed by atoms with Gasteiger partial charge in [-0.25, -0.2) is 0 Å². The van der Waals surface area contributed by atoms with E-state index in [0.717, 1.165) is 28.9 Å². The average molecular weight is 495 g/mol. The predicted octanol–water partition coefficient (Wildman–Crippen LogP) is 5.92. The number of furan rings is 1. The Bertz CT molecular complexity index is 1200. The van der Waals surface area contributed by atoms with Crippen LogP contribution in [0.2, 0.25) is 0 Å². The topological polar surface area (TPSA) is 53.8 Å². The third-order valence-corrected chi connectivity index (χ3v) is 6.52. The zero-order chi connectivity index (χ0) is 26.0. The molecule has 1 heterocycles. The molecule has 0 N–H and O–H groups in total. The molecule has 0 atom stereocenters. The molecular weight excluding hydrogens is 460 g/mol. The van der Waals surface area contributed by atoms with Gasteiger partial charge in [0.05, 0.1) is 18.7 Å². The lowest BCUT2D eigenvalue weighted by molar-refractivity contribution is -0.142. The van der Waals surface area contributed by atoms with E-state index in [4.69, 9.17) is 4.42 Å². The summed E-state index contributed by atoms with van der Waals surface area (Å²) in [4.78, 5) is 31.3. The van der Waals surface area contributed by atoms with Crippen LogP contribution in [0.25, 0.3) is 0 Å². The van der Waals surface area contributed by atoms with E-state index in [1.807, 2.05) is 105 Å². The molecule has 37 heavy (non-hydrogen) atoms. The van der Waals surface area contributed by atoms with Gasteiger partial charge < -0.3 is 14.2 Å². The van der Waals surface area contributed by atoms with Crippen LogP contribution in [0.5, 0.6) is 0 Å². The van der Waals surface area contributed by atoms with Crippen molar-refractivity contribution in [2.45, 2.75) is 38.8 Å². The minimum Gasteiger partial charge on any atom is -0.467 e. The molecule has 0 saturated heterocycles. The number of carbonyl (C=O) groups is 2. The second kappa shape index (κ2) is 12.7. The number of hydrogen-bond acceptors (Lipinski definition) is 3. The van der Waals surface area contributed by atoms with E-state index in [2.05, 4.69) is 12.1 Å². The average Bonchev–Trinajstić information content (AvgIpc) is 3.44. The quantitative estimate of drug-likeness (QED) is 0.260. The Hall–Kier alpha value is -4.12. The number of nitrogens with zero attached hydrogens (tertiary/aromatic N) is 2. The van der Waals surface area contributed by atoms with Crippen LogP contribution >= 0.6 is 0 Å². The maximum atomic E-state index is 14.1. The van der Waals surface area contributed by atoms with Crippen LogP contribution in [-0.4, -0.2) is 40.7 Å². The molecule has 0 aliphatic rings. The molecule has 0 spiro atoms. The first-order chi connectivity index (χ1) is 18.0. The largest absolute Gasteiger partial charge is 0.467 e. The highest BCUT2D eigenvalue weighted by atomic mass is 16.3. The Morgan fingerprint density at radius 3 is 1.84 bits per heavy atom. The second-order valence-electron chi connectivity index (χ2n) is 9.44. The van der Waals surface area contributed by atoms with Crippen molar-refractivity contribution in [1.82, 2.24) is 9.80 Å². The van der Waals surface area contributed by atoms with Gasteiger partial charge in [-0.1, -0.05) is 91.0 Å². The monoisotopic (exact) mass is 494 g/mol. The molecule has 5 nitrogen and oxygen atoms in total. The summed E-state index contributed by atoms with van der Waals surface area (Å²) in [5, 5.41) is 0. The summed E-state index contributed by atoms with van der Waals surface area (Å²) in [6.07, 6.45) is 2.34. The Kier molecular flexibility index (Phi) is 8.93. The molecule has 2 amide bonds. The van der Waals surface area contributed by atoms with Gasteiger partial charge in [0.2, 0.25) is 11.8 Å². The van der Waals surface area contributed by atoms with Gasteiger partial charge in [0, 0.05) is 12.6 Å². The lowest BCUT2D eigenvalue weighted by Gasteiger charge is -2.33. The van der Waals surface area contributed by atoms with Crippen LogP contribution in [0.15, 0.2) is 114 Å². The fourth-order valence-corrected chi connectivity index (χ4v) is 4.49. The Labute approximate surface area is 219 Å². The number of rotatable bonds is 11. The fourth-order valence-electron chi connectivity index (χ4n) is 4.49. The van der Waals surface area contributed by atoms with Crippen LogP contribution in [0.4, 0.5) is 0 Å². The van der Waals surface area contributed by atoms with Crippen LogP contribution < -0.4 is 0 Å². The van der Waals surface area contributed by atoms with Crippen LogP contribution in [-0.2, 0) is 22.6 Å². The van der Waals surface area contributed by atoms with Crippen molar-refractivity contribution in [1.29, 1.82) is 0 Å². The third-order valence-electron chi connectivity index (χ3n) is 6.52. The molecule has 1 aromatic heterocycles. The van der Waals surface area contributed by atoms with Crippen molar-refractivity contribution in [3.8, 4) is 0 Å². The van der Waals surface area contributed by atoms with Crippen molar-refractivity contribution in [2.24, 2.45) is 0 Å². The van der Waals surface area contributed by atoms with Gasteiger partial charge in [0.15, 0.2) is 0 Å². The molecule has 0 saturated carbocycles. The molecule has 4 rings (SSSR count). The molecule has 0 fully saturated rings. The summed E-state index contributed by atoms with van der Waals surface area (Å²) in [5.74, 6) is 0.0479. The second-order valence-corrected chi connectivity index (χ2v) is 9.44. The molecule has 0 bridgehead atoms. The van der Waals surface area contributed by atoms with Crippen molar-refractivity contribution < 1.29 is 14.0 Å². The number of hydrogen-bond donors (Lipinski definition) is 0. The van der Waals surface area contributed by atoms with Gasteiger partial charge >= 0.3 is 0 Å². The zero-order valence-electron chi connectivity index (χ0n) is 21.5. The van der Waals surface area contributed by atoms with Crippen molar-refractivity contribution in [2.75, 3.05) is 13.1 Å². The zero-order valence-corrected chi connectivity index (χ0v) is 21.5. The summed E-state index contributed by atoms with van der Waals surface area (Å²) >= 11 is 0. The van der Waals surface area contributed by atoms with E-state index in [1.54, 1.807) is 16.1 Å². The van der Waals surface area contributed by atoms with Crippen LogP contribution in [0, 0.1) is 0 Å². The lowest BCUT2D eigenvalue weighted by Crippen LogP contribution is -2.47. The summed E-state index contributed by atoms with van der Waals surface area (Å²) in [7, 11) is 0. The van der Waals surface area contributed by atoms with E-state index in [0.29, 0.717) is 13.1 Å². The van der Waals surface area contributed by atoms with Gasteiger partial charge in [-0.2, -0.15) is 0 Å². The first kappa shape index (κ1) is 26.0. The Balaban J connectivity index is 1.57. The third kappa shape index (κ3) is 6.98. The SMILES string of the molecule is CC(C)N(CC(=O)N(CCc1ccccc1)Cc1ccco1)C(=O)C(c1ccccc1)c1ccccc1. The van der Waals surface area contributed by atoms with E-state index >= 15 is 0 Å². The van der Waals surface area contributed by atoms with Gasteiger partial charge in [-0.05, 0) is 49.1 Å². The Morgan fingerprint density at radius 2 is 1.32 bits per heavy atom. The van der Waals surface area contributed by atoms with Gasteiger partial charge in [0.25, 0.3) is 0 Å². The van der Waals surface area contributed by atoms with Crippen LogP contribution in [0.1, 0.15) is 42.2 Å². The highest BCUT2D eigenvalue weighted by Gasteiger charge is 2.31. The molecule has 0 radical (unpaired) electrons. The summed E-state index contributed by atoms with van der Waals surface area (Å²) < 4.78 is 5.55. The first-order valence-corrected chi connectivity index (χ1v) is 12.8. The van der Waals surface area contributed by atoms with Gasteiger partial charge in [0.1, 0.15) is 12.3 Å². The van der Waals surface area contributed by atoms with Gasteiger partial charge in [-0.15, -0.1) is 0 Å². The maximum absolute atomic E-state index is 14.1. The highest BCUT2D eigenvalue weighted by molar-refractivity contribution is 5.91. The smallest absolute Gasteiger partial charge is 0.242 e.